The number of carboxylic acids is 1. The second-order valence-corrected chi connectivity index (χ2v) is 9.37. The summed E-state index contributed by atoms with van der Waals surface area (Å²) in [6, 6.07) is 17.5. The largest absolute Gasteiger partial charge is 0.478 e. The first-order chi connectivity index (χ1) is 15.6. The minimum absolute atomic E-state index is 0.373. The molecule has 32 heavy (non-hydrogen) atoms. The third-order valence-corrected chi connectivity index (χ3v) is 7.16. The number of fused-ring (bicyclic) bond motifs is 1. The first kappa shape index (κ1) is 20.7. The Morgan fingerprint density at radius 3 is 2.59 bits per heavy atom. The zero-order chi connectivity index (χ0) is 22.1. The number of aryl methyl sites for hydroxylation is 2. The van der Waals surface area contributed by atoms with Crippen molar-refractivity contribution in [3.05, 3.63) is 88.7 Å². The molecule has 0 saturated heterocycles. The predicted molar refractivity (Wildman–Crippen MR) is 128 cm³/mol. The van der Waals surface area contributed by atoms with Crippen LogP contribution < -0.4 is 4.90 Å². The van der Waals surface area contributed by atoms with Gasteiger partial charge in [0.15, 0.2) is 0 Å². The zero-order valence-electron chi connectivity index (χ0n) is 18.6. The molecular formula is C28H30N2O2. The van der Waals surface area contributed by atoms with Gasteiger partial charge in [-0.2, -0.15) is 0 Å². The number of rotatable bonds is 8. The number of carbonyl (C=O) groups is 1. The van der Waals surface area contributed by atoms with Crippen LogP contribution in [0.1, 0.15) is 64.2 Å². The van der Waals surface area contributed by atoms with Gasteiger partial charge in [-0.25, -0.2) is 4.79 Å². The molecule has 1 saturated carbocycles. The summed E-state index contributed by atoms with van der Waals surface area (Å²) in [4.78, 5) is 17.9. The van der Waals surface area contributed by atoms with Crippen LogP contribution in [0.5, 0.6) is 0 Å². The molecule has 3 aromatic rings. The number of aromatic carboxylic acids is 1. The standard InChI is InChI=1S/C28H30N2O2/c1-30(24-10-4-20(5-11-24)16-19-2-3-19)25-12-13-26-21(6-8-22(26)17-25)7-9-23-18-29-15-14-27(23)28(31)32/h4-5,10-15,17-19,21H,2-3,6-9,16H2,1H3,(H,31,32)/t21-/m0/s1. The van der Waals surface area contributed by atoms with Gasteiger partial charge in [-0.05, 0) is 109 Å². The van der Waals surface area contributed by atoms with E-state index in [2.05, 4.69) is 59.4 Å². The third kappa shape index (κ3) is 4.40. The van der Waals surface area contributed by atoms with E-state index in [0.29, 0.717) is 11.5 Å². The topological polar surface area (TPSA) is 53.4 Å². The average Bonchev–Trinajstić information content (AvgIpc) is 3.54. The molecule has 1 heterocycles. The number of hydrogen-bond donors (Lipinski definition) is 1. The lowest BCUT2D eigenvalue weighted by Crippen LogP contribution is -2.10. The molecule has 0 spiro atoms. The van der Waals surface area contributed by atoms with Crippen LogP contribution in [0, 0.1) is 5.92 Å². The molecule has 1 fully saturated rings. The molecule has 1 atom stereocenters. The molecule has 5 rings (SSSR count). The lowest BCUT2D eigenvalue weighted by molar-refractivity contribution is 0.0695. The highest BCUT2D eigenvalue weighted by atomic mass is 16.4. The van der Waals surface area contributed by atoms with E-state index >= 15 is 0 Å². The Balaban J connectivity index is 1.26. The first-order valence-electron chi connectivity index (χ1n) is 11.7. The minimum atomic E-state index is -0.873. The highest BCUT2D eigenvalue weighted by Crippen LogP contribution is 2.39. The number of hydrogen-bond acceptors (Lipinski definition) is 3. The Morgan fingerprint density at radius 1 is 1.06 bits per heavy atom. The normalized spacial score (nSPS) is 17.2. The third-order valence-electron chi connectivity index (χ3n) is 7.16. The molecule has 1 aromatic heterocycles. The molecule has 1 N–H and O–H groups in total. The van der Waals surface area contributed by atoms with Crippen LogP contribution >= 0.6 is 0 Å². The number of pyridine rings is 1. The Hall–Kier alpha value is -3.14. The fraction of sp³-hybridized carbons (Fsp3) is 0.357. The van der Waals surface area contributed by atoms with Crippen molar-refractivity contribution in [2.75, 3.05) is 11.9 Å². The highest BCUT2D eigenvalue weighted by Gasteiger charge is 2.24. The smallest absolute Gasteiger partial charge is 0.336 e. The number of anilines is 2. The minimum Gasteiger partial charge on any atom is -0.478 e. The van der Waals surface area contributed by atoms with Crippen molar-refractivity contribution in [3.8, 4) is 0 Å². The molecule has 0 amide bonds. The maximum Gasteiger partial charge on any atom is 0.336 e. The molecule has 0 radical (unpaired) electrons. The van der Waals surface area contributed by atoms with Gasteiger partial charge in [0.25, 0.3) is 0 Å². The lowest BCUT2D eigenvalue weighted by Gasteiger charge is -2.21. The summed E-state index contributed by atoms with van der Waals surface area (Å²) >= 11 is 0. The van der Waals surface area contributed by atoms with Crippen LogP contribution in [0.2, 0.25) is 0 Å². The molecule has 164 valence electrons. The van der Waals surface area contributed by atoms with Gasteiger partial charge in [0.2, 0.25) is 0 Å². The summed E-state index contributed by atoms with van der Waals surface area (Å²) in [6.07, 6.45) is 11.2. The van der Waals surface area contributed by atoms with Gasteiger partial charge in [-0.15, -0.1) is 0 Å². The van der Waals surface area contributed by atoms with E-state index < -0.39 is 5.97 Å². The van der Waals surface area contributed by atoms with Crippen molar-refractivity contribution in [1.29, 1.82) is 0 Å². The second kappa shape index (κ2) is 8.78. The Labute approximate surface area is 189 Å². The van der Waals surface area contributed by atoms with E-state index in [9.17, 15) is 9.90 Å². The Kier molecular flexibility index (Phi) is 5.69. The van der Waals surface area contributed by atoms with Gasteiger partial charge in [-0.3, -0.25) is 4.98 Å². The van der Waals surface area contributed by atoms with Crippen LogP contribution in [-0.4, -0.2) is 23.1 Å². The molecule has 4 nitrogen and oxygen atoms in total. The van der Waals surface area contributed by atoms with Crippen molar-refractivity contribution < 1.29 is 9.90 Å². The SMILES string of the molecule is CN(c1ccc(CC2CC2)cc1)c1ccc2c(c1)CC[C@H]2CCc1cnccc1C(=O)O. The molecule has 0 unspecified atom stereocenters. The quantitative estimate of drug-likeness (QED) is 0.468. The maximum absolute atomic E-state index is 11.5. The van der Waals surface area contributed by atoms with Gasteiger partial charge in [-0.1, -0.05) is 18.2 Å². The molecule has 0 aliphatic heterocycles. The summed E-state index contributed by atoms with van der Waals surface area (Å²) in [5.41, 5.74) is 7.93. The summed E-state index contributed by atoms with van der Waals surface area (Å²) < 4.78 is 0. The summed E-state index contributed by atoms with van der Waals surface area (Å²) in [6.45, 7) is 0. The fourth-order valence-corrected chi connectivity index (χ4v) is 5.03. The summed E-state index contributed by atoms with van der Waals surface area (Å²) in [5, 5.41) is 9.42. The molecule has 0 bridgehead atoms. The van der Waals surface area contributed by atoms with Gasteiger partial charge in [0, 0.05) is 30.8 Å². The van der Waals surface area contributed by atoms with Crippen molar-refractivity contribution in [2.24, 2.45) is 5.92 Å². The van der Waals surface area contributed by atoms with Crippen LogP contribution in [0.15, 0.2) is 60.9 Å². The van der Waals surface area contributed by atoms with E-state index in [1.165, 1.54) is 47.3 Å². The maximum atomic E-state index is 11.5. The van der Waals surface area contributed by atoms with Crippen LogP contribution in [-0.2, 0) is 19.3 Å². The number of nitrogens with zero attached hydrogens (tertiary/aromatic N) is 2. The zero-order valence-corrected chi connectivity index (χ0v) is 18.6. The van der Waals surface area contributed by atoms with Gasteiger partial charge in [0.05, 0.1) is 5.56 Å². The van der Waals surface area contributed by atoms with Gasteiger partial charge < -0.3 is 10.0 Å². The van der Waals surface area contributed by atoms with E-state index in [1.54, 1.807) is 18.5 Å². The van der Waals surface area contributed by atoms with Crippen molar-refractivity contribution in [2.45, 2.75) is 50.9 Å². The number of aromatic nitrogens is 1. The fourth-order valence-electron chi connectivity index (χ4n) is 5.03. The first-order valence-corrected chi connectivity index (χ1v) is 11.7. The highest BCUT2D eigenvalue weighted by molar-refractivity contribution is 5.89. The van der Waals surface area contributed by atoms with E-state index in [1.807, 2.05) is 0 Å². The number of carboxylic acid groups (broad SMARTS) is 1. The Bertz CT molecular complexity index is 1120. The second-order valence-electron chi connectivity index (χ2n) is 9.37. The number of benzene rings is 2. The van der Waals surface area contributed by atoms with Crippen molar-refractivity contribution in [1.82, 2.24) is 4.98 Å². The van der Waals surface area contributed by atoms with E-state index in [-0.39, 0.29) is 0 Å². The van der Waals surface area contributed by atoms with E-state index in [0.717, 1.165) is 37.2 Å². The lowest BCUT2D eigenvalue weighted by atomic mass is 9.93. The van der Waals surface area contributed by atoms with Gasteiger partial charge >= 0.3 is 5.97 Å². The van der Waals surface area contributed by atoms with Crippen molar-refractivity contribution in [3.63, 3.8) is 0 Å². The van der Waals surface area contributed by atoms with Crippen LogP contribution in [0.25, 0.3) is 0 Å². The molecule has 2 aliphatic rings. The molecule has 2 aromatic carbocycles. The summed E-state index contributed by atoms with van der Waals surface area (Å²) in [7, 11) is 2.14. The monoisotopic (exact) mass is 426 g/mol. The van der Waals surface area contributed by atoms with Crippen LogP contribution in [0.3, 0.4) is 0 Å². The predicted octanol–water partition coefficient (Wildman–Crippen LogP) is 6.16. The van der Waals surface area contributed by atoms with Gasteiger partial charge in [0.1, 0.15) is 0 Å². The average molecular weight is 427 g/mol. The van der Waals surface area contributed by atoms with E-state index in [4.69, 9.17) is 0 Å². The van der Waals surface area contributed by atoms with Crippen molar-refractivity contribution >= 4 is 17.3 Å². The molecule has 4 heteroatoms. The summed E-state index contributed by atoms with van der Waals surface area (Å²) in [5.74, 6) is 0.521. The molecular weight excluding hydrogens is 396 g/mol. The van der Waals surface area contributed by atoms with Crippen LogP contribution in [0.4, 0.5) is 11.4 Å². The molecule has 2 aliphatic carbocycles. The Morgan fingerprint density at radius 2 is 1.84 bits per heavy atom.